The highest BCUT2D eigenvalue weighted by Crippen LogP contribution is 2.53. The van der Waals surface area contributed by atoms with Gasteiger partial charge >= 0.3 is 0 Å². The first kappa shape index (κ1) is 15.2. The molecule has 1 aliphatic carbocycles. The van der Waals surface area contributed by atoms with Gasteiger partial charge in [-0.25, -0.2) is 0 Å². The van der Waals surface area contributed by atoms with Crippen LogP contribution >= 0.6 is 0 Å². The van der Waals surface area contributed by atoms with Crippen LogP contribution in [-0.4, -0.2) is 41.5 Å². The maximum absolute atomic E-state index is 11.8. The van der Waals surface area contributed by atoms with E-state index >= 15 is 0 Å². The second kappa shape index (κ2) is 6.61. The Bertz CT molecular complexity index is 529. The zero-order valence-electron chi connectivity index (χ0n) is 13.4. The molecule has 4 heteroatoms. The third-order valence-corrected chi connectivity index (χ3v) is 5.02. The van der Waals surface area contributed by atoms with Gasteiger partial charge in [0.1, 0.15) is 0 Å². The molecule has 1 aromatic rings. The molecular weight excluding hydrogens is 274 g/mol. The van der Waals surface area contributed by atoms with E-state index in [1.807, 2.05) is 12.1 Å². The van der Waals surface area contributed by atoms with Gasteiger partial charge in [-0.3, -0.25) is 9.78 Å². The second-order valence-electron chi connectivity index (χ2n) is 6.74. The predicted molar refractivity (Wildman–Crippen MR) is 88.1 cm³/mol. The van der Waals surface area contributed by atoms with Crippen LogP contribution in [0.1, 0.15) is 25.8 Å². The molecule has 4 nitrogen and oxygen atoms in total. The summed E-state index contributed by atoms with van der Waals surface area (Å²) in [6.07, 6.45) is 7.98. The summed E-state index contributed by atoms with van der Waals surface area (Å²) < 4.78 is 0. The van der Waals surface area contributed by atoms with Crippen molar-refractivity contribution >= 4 is 12.0 Å². The van der Waals surface area contributed by atoms with Gasteiger partial charge in [0.15, 0.2) is 0 Å². The van der Waals surface area contributed by atoms with Gasteiger partial charge in [-0.1, -0.05) is 6.07 Å². The molecule has 1 N–H and O–H groups in total. The molecule has 3 atom stereocenters. The molecule has 0 unspecified atom stereocenters. The lowest BCUT2D eigenvalue weighted by Crippen LogP contribution is -2.31. The highest BCUT2D eigenvalue weighted by Gasteiger charge is 2.54. The first-order chi connectivity index (χ1) is 10.6. The number of nitrogens with zero attached hydrogens (tertiary/aromatic N) is 2. The van der Waals surface area contributed by atoms with Gasteiger partial charge in [0.25, 0.3) is 0 Å². The number of carbonyl (C=O) groups is 1. The number of aromatic nitrogens is 1. The summed E-state index contributed by atoms with van der Waals surface area (Å²) in [6, 6.07) is 4.47. The quantitative estimate of drug-likeness (QED) is 0.819. The minimum atomic E-state index is -0.0153. The van der Waals surface area contributed by atoms with Gasteiger partial charge in [-0.2, -0.15) is 0 Å². The smallest absolute Gasteiger partial charge is 0.244 e. The van der Waals surface area contributed by atoms with Crippen LogP contribution in [0.5, 0.6) is 0 Å². The first-order valence-electron chi connectivity index (χ1n) is 8.25. The van der Waals surface area contributed by atoms with Crippen LogP contribution in [0.15, 0.2) is 30.6 Å². The molecule has 0 radical (unpaired) electrons. The zero-order chi connectivity index (χ0) is 15.5. The predicted octanol–water partition coefficient (Wildman–Crippen LogP) is 2.19. The number of pyridine rings is 1. The molecule has 2 heterocycles. The van der Waals surface area contributed by atoms with E-state index in [-0.39, 0.29) is 5.91 Å². The molecule has 1 aromatic heterocycles. The fraction of sp³-hybridized carbons (Fsp3) is 0.556. The monoisotopic (exact) mass is 299 g/mol. The van der Waals surface area contributed by atoms with Crippen molar-refractivity contribution in [2.75, 3.05) is 19.6 Å². The number of hydrogen-bond donors (Lipinski definition) is 1. The van der Waals surface area contributed by atoms with Crippen LogP contribution in [0.3, 0.4) is 0 Å². The Kier molecular flexibility index (Phi) is 4.57. The third-order valence-electron chi connectivity index (χ3n) is 5.02. The van der Waals surface area contributed by atoms with Crippen molar-refractivity contribution in [3.63, 3.8) is 0 Å². The number of carbonyl (C=O) groups excluding carboxylic acids is 1. The lowest BCUT2D eigenvalue weighted by Gasteiger charge is -2.23. The normalized spacial score (nSPS) is 27.3. The Morgan fingerprint density at radius 2 is 2.23 bits per heavy atom. The molecule has 3 rings (SSSR count). The fourth-order valence-corrected chi connectivity index (χ4v) is 3.60. The lowest BCUT2D eigenvalue weighted by molar-refractivity contribution is -0.116. The van der Waals surface area contributed by atoms with Gasteiger partial charge in [0, 0.05) is 44.1 Å². The molecule has 1 aliphatic heterocycles. The zero-order valence-corrected chi connectivity index (χ0v) is 13.4. The number of hydrogen-bond acceptors (Lipinski definition) is 3. The van der Waals surface area contributed by atoms with Crippen LogP contribution in [0.2, 0.25) is 0 Å². The molecule has 1 saturated carbocycles. The number of rotatable bonds is 6. The summed E-state index contributed by atoms with van der Waals surface area (Å²) in [5.41, 5.74) is 0.947. The van der Waals surface area contributed by atoms with Crippen molar-refractivity contribution < 1.29 is 4.79 Å². The molecule has 22 heavy (non-hydrogen) atoms. The van der Waals surface area contributed by atoms with Crippen molar-refractivity contribution in [2.24, 2.45) is 17.8 Å². The van der Waals surface area contributed by atoms with E-state index in [1.165, 1.54) is 13.1 Å². The number of likely N-dealkylation sites (tertiary alicyclic amines) is 1. The summed E-state index contributed by atoms with van der Waals surface area (Å²) in [6.45, 7) is 7.84. The van der Waals surface area contributed by atoms with Crippen molar-refractivity contribution in [3.05, 3.63) is 36.2 Å². The Balaban J connectivity index is 1.33. The van der Waals surface area contributed by atoms with Crippen LogP contribution in [-0.2, 0) is 4.79 Å². The maximum atomic E-state index is 11.8. The molecule has 2 aliphatic rings. The van der Waals surface area contributed by atoms with Crippen molar-refractivity contribution in [1.82, 2.24) is 15.2 Å². The Morgan fingerprint density at radius 1 is 1.45 bits per heavy atom. The fourth-order valence-electron chi connectivity index (χ4n) is 3.60. The van der Waals surface area contributed by atoms with Crippen molar-refractivity contribution in [3.8, 4) is 0 Å². The van der Waals surface area contributed by atoms with E-state index < -0.39 is 0 Å². The number of piperidine rings is 1. The van der Waals surface area contributed by atoms with Gasteiger partial charge < -0.3 is 10.2 Å². The van der Waals surface area contributed by atoms with E-state index in [0.717, 1.165) is 36.3 Å². The van der Waals surface area contributed by atoms with Gasteiger partial charge in [-0.15, -0.1) is 0 Å². The second-order valence-corrected chi connectivity index (χ2v) is 6.74. The van der Waals surface area contributed by atoms with E-state index in [9.17, 15) is 4.79 Å². The highest BCUT2D eigenvalue weighted by molar-refractivity contribution is 5.91. The molecule has 1 saturated heterocycles. The van der Waals surface area contributed by atoms with Crippen LogP contribution in [0, 0.1) is 17.8 Å². The van der Waals surface area contributed by atoms with Gasteiger partial charge in [-0.05, 0) is 55.7 Å². The van der Waals surface area contributed by atoms with E-state index in [2.05, 4.69) is 29.0 Å². The summed E-state index contributed by atoms with van der Waals surface area (Å²) in [5, 5.41) is 2.99. The van der Waals surface area contributed by atoms with Crippen molar-refractivity contribution in [1.29, 1.82) is 0 Å². The molecule has 0 bridgehead atoms. The van der Waals surface area contributed by atoms with Gasteiger partial charge in [0.2, 0.25) is 5.91 Å². The minimum absolute atomic E-state index is 0.0153. The number of amides is 1. The van der Waals surface area contributed by atoms with E-state index in [4.69, 9.17) is 0 Å². The van der Waals surface area contributed by atoms with E-state index in [1.54, 1.807) is 24.5 Å². The number of fused-ring (bicyclic) bond motifs is 1. The summed E-state index contributed by atoms with van der Waals surface area (Å²) in [7, 11) is 0. The number of nitrogens with one attached hydrogen (secondary N) is 1. The molecule has 2 fully saturated rings. The maximum Gasteiger partial charge on any atom is 0.244 e. The topological polar surface area (TPSA) is 45.2 Å². The van der Waals surface area contributed by atoms with Crippen LogP contribution < -0.4 is 5.32 Å². The molecular formula is C18H25N3O. The van der Waals surface area contributed by atoms with Crippen molar-refractivity contribution in [2.45, 2.75) is 26.3 Å². The summed E-state index contributed by atoms with van der Waals surface area (Å²) in [4.78, 5) is 18.4. The first-order valence-corrected chi connectivity index (χ1v) is 8.25. The average Bonchev–Trinajstić information content (AvgIpc) is 2.96. The molecule has 0 spiro atoms. The molecule has 118 valence electrons. The minimum Gasteiger partial charge on any atom is -0.353 e. The van der Waals surface area contributed by atoms with E-state index in [0.29, 0.717) is 6.04 Å². The molecule has 0 aromatic carbocycles. The molecule has 1 amide bonds. The summed E-state index contributed by atoms with van der Waals surface area (Å²) in [5.74, 6) is 2.58. The largest absolute Gasteiger partial charge is 0.353 e. The Labute approximate surface area is 132 Å². The SMILES string of the molecule is CC(C)N1C[C@@H]2[C@@H](CCNC(=O)/C=C/c3cccnc3)[C@@H]2C1. The highest BCUT2D eigenvalue weighted by atomic mass is 16.1. The average molecular weight is 299 g/mol. The standard InChI is InChI=1S/C18H25N3O/c1-13(2)21-11-16-15(17(16)12-21)7-9-20-18(22)6-5-14-4-3-8-19-10-14/h3-6,8,10,13,15-17H,7,9,11-12H2,1-2H3,(H,20,22)/b6-5+/t15-,16-,17+. The Hall–Kier alpha value is -1.68. The van der Waals surface area contributed by atoms with Crippen LogP contribution in [0.25, 0.3) is 6.08 Å². The van der Waals surface area contributed by atoms with Crippen LogP contribution in [0.4, 0.5) is 0 Å². The lowest BCUT2D eigenvalue weighted by atomic mass is 10.1. The van der Waals surface area contributed by atoms with Gasteiger partial charge in [0.05, 0.1) is 0 Å². The summed E-state index contributed by atoms with van der Waals surface area (Å²) >= 11 is 0. The Morgan fingerprint density at radius 3 is 2.86 bits per heavy atom. The third kappa shape index (κ3) is 3.55.